The maximum atomic E-state index is 11.8. The van der Waals surface area contributed by atoms with Gasteiger partial charge in [0.15, 0.2) is 0 Å². The van der Waals surface area contributed by atoms with E-state index in [9.17, 15) is 4.79 Å². The summed E-state index contributed by atoms with van der Waals surface area (Å²) in [4.78, 5) is 14.1. The molecule has 2 rings (SSSR count). The highest BCUT2D eigenvalue weighted by Crippen LogP contribution is 2.12. The van der Waals surface area contributed by atoms with Crippen molar-refractivity contribution in [3.8, 4) is 5.75 Å². The molecule has 5 nitrogen and oxygen atoms in total. The number of nitrogens with one attached hydrogen (secondary N) is 1. The summed E-state index contributed by atoms with van der Waals surface area (Å²) >= 11 is 0. The van der Waals surface area contributed by atoms with Crippen molar-refractivity contribution in [2.24, 2.45) is 0 Å². The third-order valence-corrected chi connectivity index (χ3v) is 3.45. The van der Waals surface area contributed by atoms with Crippen LogP contribution in [0.2, 0.25) is 0 Å². The molecule has 1 aromatic rings. The van der Waals surface area contributed by atoms with Crippen molar-refractivity contribution in [2.45, 2.75) is 6.92 Å². The molecule has 0 saturated carbocycles. The number of nitrogens with zero attached hydrogens (tertiary/aromatic N) is 1. The average Bonchev–Trinajstić information content (AvgIpc) is 2.55. The van der Waals surface area contributed by atoms with Crippen LogP contribution in [0.4, 0.5) is 0 Å². The molecule has 0 aromatic heterocycles. The van der Waals surface area contributed by atoms with Crippen molar-refractivity contribution >= 4 is 12.0 Å². The van der Waals surface area contributed by atoms with Crippen molar-refractivity contribution in [2.75, 3.05) is 46.0 Å². The van der Waals surface area contributed by atoms with Crippen LogP contribution in [-0.2, 0) is 9.53 Å². The van der Waals surface area contributed by atoms with Crippen LogP contribution in [0.5, 0.6) is 5.75 Å². The molecule has 1 amide bonds. The highest BCUT2D eigenvalue weighted by molar-refractivity contribution is 5.91. The van der Waals surface area contributed by atoms with Crippen LogP contribution < -0.4 is 10.1 Å². The standard InChI is InChI=1S/C17H24N2O3/c1-2-22-16-6-3-15(4-7-16)5-8-17(20)18-9-10-19-11-13-21-14-12-19/h3-8H,2,9-14H2,1H3,(H,18,20)/b8-5+. The zero-order valence-electron chi connectivity index (χ0n) is 13.1. The number of carbonyl (C=O) groups is 1. The Morgan fingerprint density at radius 1 is 1.32 bits per heavy atom. The number of rotatable bonds is 7. The van der Waals surface area contributed by atoms with E-state index in [0.717, 1.165) is 44.2 Å². The summed E-state index contributed by atoms with van der Waals surface area (Å²) in [6.07, 6.45) is 3.37. The van der Waals surface area contributed by atoms with E-state index in [1.807, 2.05) is 31.2 Å². The molecule has 0 radical (unpaired) electrons. The number of morpholine rings is 1. The van der Waals surface area contributed by atoms with Crippen LogP contribution in [0.1, 0.15) is 12.5 Å². The molecule has 1 saturated heterocycles. The molecule has 0 bridgehead atoms. The quantitative estimate of drug-likeness (QED) is 0.777. The normalized spacial score (nSPS) is 15.9. The fraction of sp³-hybridized carbons (Fsp3) is 0.471. The number of amides is 1. The van der Waals surface area contributed by atoms with Crippen LogP contribution in [0, 0.1) is 0 Å². The predicted octanol–water partition coefficient (Wildman–Crippen LogP) is 1.55. The van der Waals surface area contributed by atoms with E-state index in [1.165, 1.54) is 0 Å². The lowest BCUT2D eigenvalue weighted by Gasteiger charge is -2.26. The summed E-state index contributed by atoms with van der Waals surface area (Å²) in [5.74, 6) is 0.775. The summed E-state index contributed by atoms with van der Waals surface area (Å²) in [6.45, 7) is 7.58. The van der Waals surface area contributed by atoms with Gasteiger partial charge in [-0.1, -0.05) is 12.1 Å². The Labute approximate surface area is 131 Å². The van der Waals surface area contributed by atoms with Gasteiger partial charge in [0.05, 0.1) is 19.8 Å². The molecule has 5 heteroatoms. The summed E-state index contributed by atoms with van der Waals surface area (Å²) in [5.41, 5.74) is 0.979. The molecule has 0 atom stereocenters. The molecular formula is C17H24N2O3. The first-order chi connectivity index (χ1) is 10.8. The fourth-order valence-electron chi connectivity index (χ4n) is 2.23. The smallest absolute Gasteiger partial charge is 0.244 e. The maximum absolute atomic E-state index is 11.8. The number of carbonyl (C=O) groups excluding carboxylic acids is 1. The Morgan fingerprint density at radius 2 is 2.05 bits per heavy atom. The second-order valence-corrected chi connectivity index (χ2v) is 5.08. The fourth-order valence-corrected chi connectivity index (χ4v) is 2.23. The van der Waals surface area contributed by atoms with E-state index in [-0.39, 0.29) is 5.91 Å². The highest BCUT2D eigenvalue weighted by atomic mass is 16.5. The van der Waals surface area contributed by atoms with E-state index in [1.54, 1.807) is 12.2 Å². The maximum Gasteiger partial charge on any atom is 0.244 e. The van der Waals surface area contributed by atoms with E-state index in [4.69, 9.17) is 9.47 Å². The third-order valence-electron chi connectivity index (χ3n) is 3.45. The summed E-state index contributed by atoms with van der Waals surface area (Å²) in [6, 6.07) is 7.67. The van der Waals surface area contributed by atoms with Gasteiger partial charge in [-0.15, -0.1) is 0 Å². The van der Waals surface area contributed by atoms with E-state index in [2.05, 4.69) is 10.2 Å². The monoisotopic (exact) mass is 304 g/mol. The Hall–Kier alpha value is -1.85. The molecule has 1 heterocycles. The zero-order valence-corrected chi connectivity index (χ0v) is 13.1. The largest absolute Gasteiger partial charge is 0.494 e. The van der Waals surface area contributed by atoms with E-state index >= 15 is 0 Å². The van der Waals surface area contributed by atoms with Gasteiger partial charge in [-0.25, -0.2) is 0 Å². The lowest BCUT2D eigenvalue weighted by Crippen LogP contribution is -2.41. The Balaban J connectivity index is 1.69. The van der Waals surface area contributed by atoms with Crippen LogP contribution in [0.15, 0.2) is 30.3 Å². The van der Waals surface area contributed by atoms with Crippen molar-refractivity contribution in [1.29, 1.82) is 0 Å². The SMILES string of the molecule is CCOc1ccc(/C=C/C(=O)NCCN2CCOCC2)cc1. The van der Waals surface area contributed by atoms with E-state index < -0.39 is 0 Å². The number of hydrogen-bond donors (Lipinski definition) is 1. The van der Waals surface area contributed by atoms with Gasteiger partial charge >= 0.3 is 0 Å². The zero-order chi connectivity index (χ0) is 15.6. The number of benzene rings is 1. The second-order valence-electron chi connectivity index (χ2n) is 5.08. The van der Waals surface area contributed by atoms with Gasteiger partial charge in [0, 0.05) is 32.3 Å². The van der Waals surface area contributed by atoms with Crippen LogP contribution >= 0.6 is 0 Å². The lowest BCUT2D eigenvalue weighted by atomic mass is 10.2. The number of ether oxygens (including phenoxy) is 2. The van der Waals surface area contributed by atoms with Gasteiger partial charge in [0.25, 0.3) is 0 Å². The Morgan fingerprint density at radius 3 is 2.73 bits per heavy atom. The minimum Gasteiger partial charge on any atom is -0.494 e. The summed E-state index contributed by atoms with van der Waals surface area (Å²) in [5, 5.41) is 2.90. The van der Waals surface area contributed by atoms with Gasteiger partial charge < -0.3 is 14.8 Å². The van der Waals surface area contributed by atoms with Crippen molar-refractivity contribution in [3.63, 3.8) is 0 Å². The van der Waals surface area contributed by atoms with E-state index in [0.29, 0.717) is 13.2 Å². The summed E-state index contributed by atoms with van der Waals surface area (Å²) < 4.78 is 10.7. The molecular weight excluding hydrogens is 280 g/mol. The Kier molecular flexibility index (Phi) is 6.93. The molecule has 0 unspecified atom stereocenters. The highest BCUT2D eigenvalue weighted by Gasteiger charge is 2.09. The topological polar surface area (TPSA) is 50.8 Å². The second kappa shape index (κ2) is 9.23. The predicted molar refractivity (Wildman–Crippen MR) is 86.9 cm³/mol. The van der Waals surface area contributed by atoms with Gasteiger partial charge in [0.2, 0.25) is 5.91 Å². The van der Waals surface area contributed by atoms with Gasteiger partial charge in [-0.2, -0.15) is 0 Å². The lowest BCUT2D eigenvalue weighted by molar-refractivity contribution is -0.116. The molecule has 1 aromatic carbocycles. The van der Waals surface area contributed by atoms with Crippen molar-refractivity contribution < 1.29 is 14.3 Å². The molecule has 0 spiro atoms. The van der Waals surface area contributed by atoms with Crippen LogP contribution in [0.3, 0.4) is 0 Å². The minimum atomic E-state index is -0.0675. The number of hydrogen-bond acceptors (Lipinski definition) is 4. The van der Waals surface area contributed by atoms with Crippen molar-refractivity contribution in [1.82, 2.24) is 10.2 Å². The molecule has 1 aliphatic rings. The molecule has 22 heavy (non-hydrogen) atoms. The molecule has 1 fully saturated rings. The van der Waals surface area contributed by atoms with Gasteiger partial charge in [-0.3, -0.25) is 9.69 Å². The van der Waals surface area contributed by atoms with Gasteiger partial charge in [-0.05, 0) is 30.7 Å². The first kappa shape index (κ1) is 16.5. The van der Waals surface area contributed by atoms with Crippen molar-refractivity contribution in [3.05, 3.63) is 35.9 Å². The molecule has 120 valence electrons. The van der Waals surface area contributed by atoms with Crippen LogP contribution in [0.25, 0.3) is 6.08 Å². The average molecular weight is 304 g/mol. The molecule has 0 aliphatic carbocycles. The first-order valence-corrected chi connectivity index (χ1v) is 7.77. The summed E-state index contributed by atoms with van der Waals surface area (Å²) in [7, 11) is 0. The van der Waals surface area contributed by atoms with Gasteiger partial charge in [0.1, 0.15) is 5.75 Å². The first-order valence-electron chi connectivity index (χ1n) is 7.77. The minimum absolute atomic E-state index is 0.0675. The third kappa shape index (κ3) is 5.87. The molecule has 1 N–H and O–H groups in total. The molecule has 1 aliphatic heterocycles. The Bertz CT molecular complexity index is 479. The van der Waals surface area contributed by atoms with Crippen LogP contribution in [-0.4, -0.2) is 56.8 Å².